The van der Waals surface area contributed by atoms with Gasteiger partial charge in [-0.25, -0.2) is 0 Å². The summed E-state index contributed by atoms with van der Waals surface area (Å²) in [7, 11) is 1.78. The van der Waals surface area contributed by atoms with Gasteiger partial charge in [-0.05, 0) is 49.3 Å². The minimum Gasteiger partial charge on any atom is -0.355 e. The topological polar surface area (TPSA) is 62.3 Å². The minimum absolute atomic E-state index is 0.0476. The predicted octanol–water partition coefficient (Wildman–Crippen LogP) is 2.02. The van der Waals surface area contributed by atoms with Crippen molar-refractivity contribution in [1.29, 1.82) is 0 Å². The van der Waals surface area contributed by atoms with E-state index < -0.39 is 5.41 Å². The van der Waals surface area contributed by atoms with E-state index in [1.807, 2.05) is 12.1 Å². The van der Waals surface area contributed by atoms with E-state index >= 15 is 0 Å². The highest BCUT2D eigenvalue weighted by Gasteiger charge is 2.57. The normalized spacial score (nSPS) is 15.3. The standard InChI is InChI=1S/C18H27N3O2/c1-14(2)4-12-20-16(22)18(8-9-18)17(23)21(3)13-7-15-5-10-19-11-6-15/h5-6,10-11,14H,4,7-9,12-13H2,1-3H3,(H,20,22). The molecule has 1 aromatic heterocycles. The van der Waals surface area contributed by atoms with Gasteiger partial charge in [-0.15, -0.1) is 0 Å². The predicted molar refractivity (Wildman–Crippen MR) is 89.7 cm³/mol. The van der Waals surface area contributed by atoms with Crippen molar-refractivity contribution < 1.29 is 9.59 Å². The molecule has 23 heavy (non-hydrogen) atoms. The van der Waals surface area contributed by atoms with Crippen molar-refractivity contribution in [2.75, 3.05) is 20.1 Å². The fourth-order valence-corrected chi connectivity index (χ4v) is 2.62. The molecule has 5 nitrogen and oxygen atoms in total. The van der Waals surface area contributed by atoms with Gasteiger partial charge in [0.05, 0.1) is 0 Å². The lowest BCUT2D eigenvalue weighted by Crippen LogP contribution is -2.44. The zero-order valence-electron chi connectivity index (χ0n) is 14.3. The first-order valence-electron chi connectivity index (χ1n) is 8.38. The Hall–Kier alpha value is -1.91. The van der Waals surface area contributed by atoms with Crippen LogP contribution in [0.3, 0.4) is 0 Å². The molecule has 1 N–H and O–H groups in total. The average Bonchev–Trinajstić information content (AvgIpc) is 3.34. The Bertz CT molecular complexity index is 538. The van der Waals surface area contributed by atoms with E-state index in [0.717, 1.165) is 18.4 Å². The van der Waals surface area contributed by atoms with Crippen molar-refractivity contribution in [3.8, 4) is 0 Å². The summed E-state index contributed by atoms with van der Waals surface area (Å²) in [5.74, 6) is 0.400. The summed E-state index contributed by atoms with van der Waals surface area (Å²) in [4.78, 5) is 30.7. The molecule has 0 unspecified atom stereocenters. The number of pyridine rings is 1. The third kappa shape index (κ3) is 4.53. The van der Waals surface area contributed by atoms with Gasteiger partial charge in [-0.3, -0.25) is 14.6 Å². The van der Waals surface area contributed by atoms with Crippen LogP contribution in [0.4, 0.5) is 0 Å². The summed E-state index contributed by atoms with van der Waals surface area (Å²) in [6, 6.07) is 3.90. The van der Waals surface area contributed by atoms with Crippen LogP contribution in [0.2, 0.25) is 0 Å². The fourth-order valence-electron chi connectivity index (χ4n) is 2.62. The molecule has 0 atom stereocenters. The lowest BCUT2D eigenvalue weighted by Gasteiger charge is -2.23. The van der Waals surface area contributed by atoms with Crippen LogP contribution in [0.25, 0.3) is 0 Å². The van der Waals surface area contributed by atoms with Crippen LogP contribution in [-0.4, -0.2) is 41.8 Å². The number of carbonyl (C=O) groups excluding carboxylic acids is 2. The van der Waals surface area contributed by atoms with E-state index in [1.165, 1.54) is 0 Å². The Kier molecular flexibility index (Phi) is 5.74. The Morgan fingerprint density at radius 1 is 1.30 bits per heavy atom. The molecule has 2 rings (SSSR count). The molecule has 1 heterocycles. The Labute approximate surface area is 138 Å². The van der Waals surface area contributed by atoms with E-state index in [2.05, 4.69) is 24.1 Å². The molecule has 5 heteroatoms. The molecule has 0 aliphatic heterocycles. The smallest absolute Gasteiger partial charge is 0.238 e. The largest absolute Gasteiger partial charge is 0.355 e. The molecule has 1 saturated carbocycles. The average molecular weight is 317 g/mol. The first kappa shape index (κ1) is 17.4. The molecule has 0 saturated heterocycles. The van der Waals surface area contributed by atoms with Crippen LogP contribution in [0.1, 0.15) is 38.7 Å². The molecule has 0 bridgehead atoms. The third-order valence-electron chi connectivity index (χ3n) is 4.43. The quantitative estimate of drug-likeness (QED) is 0.746. The second-order valence-electron chi connectivity index (χ2n) is 6.85. The zero-order chi connectivity index (χ0) is 16.9. The number of aromatic nitrogens is 1. The molecule has 1 aliphatic carbocycles. The molecule has 0 spiro atoms. The van der Waals surface area contributed by atoms with E-state index in [-0.39, 0.29) is 11.8 Å². The first-order chi connectivity index (χ1) is 11.0. The number of nitrogens with zero attached hydrogens (tertiary/aromatic N) is 2. The molecule has 0 radical (unpaired) electrons. The summed E-state index contributed by atoms with van der Waals surface area (Å²) in [6.45, 7) is 5.50. The lowest BCUT2D eigenvalue weighted by molar-refractivity contribution is -0.143. The van der Waals surface area contributed by atoms with Crippen molar-refractivity contribution in [3.63, 3.8) is 0 Å². The van der Waals surface area contributed by atoms with Gasteiger partial charge >= 0.3 is 0 Å². The van der Waals surface area contributed by atoms with Crippen molar-refractivity contribution in [3.05, 3.63) is 30.1 Å². The maximum absolute atomic E-state index is 12.6. The number of nitrogens with one attached hydrogen (secondary N) is 1. The van der Waals surface area contributed by atoms with Crippen molar-refractivity contribution >= 4 is 11.8 Å². The summed E-state index contributed by atoms with van der Waals surface area (Å²) < 4.78 is 0. The number of hydrogen-bond donors (Lipinski definition) is 1. The van der Waals surface area contributed by atoms with Crippen molar-refractivity contribution in [1.82, 2.24) is 15.2 Å². The van der Waals surface area contributed by atoms with Crippen molar-refractivity contribution in [2.24, 2.45) is 11.3 Å². The molecule has 1 aliphatic rings. The van der Waals surface area contributed by atoms with E-state index in [0.29, 0.717) is 31.8 Å². The highest BCUT2D eigenvalue weighted by molar-refractivity contribution is 6.07. The van der Waals surface area contributed by atoms with E-state index in [4.69, 9.17) is 0 Å². The summed E-state index contributed by atoms with van der Waals surface area (Å²) in [5, 5.41) is 2.93. The van der Waals surface area contributed by atoms with Gasteiger partial charge < -0.3 is 10.2 Å². The van der Waals surface area contributed by atoms with Crippen LogP contribution in [0.15, 0.2) is 24.5 Å². The SMILES string of the molecule is CC(C)CCNC(=O)C1(C(=O)N(C)CCc2ccncc2)CC1. The van der Waals surface area contributed by atoms with E-state index in [1.54, 1.807) is 24.3 Å². The van der Waals surface area contributed by atoms with Crippen molar-refractivity contribution in [2.45, 2.75) is 39.5 Å². The van der Waals surface area contributed by atoms with Gasteiger partial charge in [0.2, 0.25) is 11.8 Å². The third-order valence-corrected chi connectivity index (χ3v) is 4.43. The van der Waals surface area contributed by atoms with Crippen LogP contribution in [-0.2, 0) is 16.0 Å². The van der Waals surface area contributed by atoms with Gasteiger partial charge in [-0.2, -0.15) is 0 Å². The van der Waals surface area contributed by atoms with Crippen LogP contribution >= 0.6 is 0 Å². The second-order valence-corrected chi connectivity index (χ2v) is 6.85. The minimum atomic E-state index is -0.802. The number of amides is 2. The maximum Gasteiger partial charge on any atom is 0.238 e. The number of likely N-dealkylation sites (N-methyl/N-ethyl adjacent to an activating group) is 1. The molecule has 1 aromatic rings. The van der Waals surface area contributed by atoms with Gasteiger partial charge in [0, 0.05) is 32.5 Å². The molecule has 126 valence electrons. The molecular weight excluding hydrogens is 290 g/mol. The van der Waals surface area contributed by atoms with Gasteiger partial charge in [0.1, 0.15) is 5.41 Å². The highest BCUT2D eigenvalue weighted by Crippen LogP contribution is 2.47. The zero-order valence-corrected chi connectivity index (χ0v) is 14.3. The monoisotopic (exact) mass is 317 g/mol. The first-order valence-corrected chi connectivity index (χ1v) is 8.38. The Morgan fingerprint density at radius 3 is 2.52 bits per heavy atom. The summed E-state index contributed by atoms with van der Waals surface area (Å²) in [5.41, 5.74) is 0.343. The van der Waals surface area contributed by atoms with Crippen LogP contribution in [0, 0.1) is 11.3 Å². The number of hydrogen-bond acceptors (Lipinski definition) is 3. The lowest BCUT2D eigenvalue weighted by atomic mass is 10.0. The molecule has 2 amide bonds. The fraction of sp³-hybridized carbons (Fsp3) is 0.611. The Morgan fingerprint density at radius 2 is 1.96 bits per heavy atom. The van der Waals surface area contributed by atoms with E-state index in [9.17, 15) is 9.59 Å². The van der Waals surface area contributed by atoms with Gasteiger partial charge in [0.25, 0.3) is 0 Å². The van der Waals surface area contributed by atoms with Gasteiger partial charge in [-0.1, -0.05) is 13.8 Å². The second kappa shape index (κ2) is 7.57. The maximum atomic E-state index is 12.6. The highest BCUT2D eigenvalue weighted by atomic mass is 16.2. The molecular formula is C18H27N3O2. The van der Waals surface area contributed by atoms with Crippen LogP contribution < -0.4 is 5.32 Å². The summed E-state index contributed by atoms with van der Waals surface area (Å²) >= 11 is 0. The molecule has 0 aromatic carbocycles. The Balaban J connectivity index is 1.84. The molecule has 1 fully saturated rings. The number of rotatable bonds is 8. The number of carbonyl (C=O) groups is 2. The van der Waals surface area contributed by atoms with Gasteiger partial charge in [0.15, 0.2) is 0 Å². The van der Waals surface area contributed by atoms with Crippen LogP contribution in [0.5, 0.6) is 0 Å². The summed E-state index contributed by atoms with van der Waals surface area (Å²) in [6.07, 6.45) is 6.55.